The number of aryl methyl sites for hydroxylation is 2. The maximum Gasteiger partial charge on any atom is 0.0251 e. The van der Waals surface area contributed by atoms with Gasteiger partial charge in [0.2, 0.25) is 0 Å². The highest BCUT2D eigenvalue weighted by molar-refractivity contribution is 5.47. The van der Waals surface area contributed by atoms with Crippen LogP contribution in [-0.2, 0) is 0 Å². The summed E-state index contributed by atoms with van der Waals surface area (Å²) in [4.78, 5) is 0. The van der Waals surface area contributed by atoms with E-state index in [4.69, 9.17) is 0 Å². The standard InChI is InChI=1S/C25H26/c1-19-4-7-22(8-5-19)10-11-23-12-14-24(15-13-23)16-17-25-9-6-20(2)21(3)18-25/h6,9,12-15,18-19,22H,4-5,7-8H2,1-3H3. The van der Waals surface area contributed by atoms with Crippen molar-refractivity contribution in [1.82, 2.24) is 0 Å². The van der Waals surface area contributed by atoms with E-state index in [0.717, 1.165) is 22.6 Å². The van der Waals surface area contributed by atoms with Crippen LogP contribution in [0.1, 0.15) is 60.4 Å². The number of hydrogen-bond acceptors (Lipinski definition) is 0. The molecule has 126 valence electrons. The molecule has 0 aliphatic heterocycles. The van der Waals surface area contributed by atoms with Crippen LogP contribution in [0, 0.1) is 49.4 Å². The van der Waals surface area contributed by atoms with Gasteiger partial charge in [0, 0.05) is 22.6 Å². The second kappa shape index (κ2) is 8.09. The van der Waals surface area contributed by atoms with E-state index >= 15 is 0 Å². The van der Waals surface area contributed by atoms with Crippen LogP contribution in [0.2, 0.25) is 0 Å². The molecule has 0 heteroatoms. The highest BCUT2D eigenvalue weighted by atomic mass is 14.2. The Kier molecular flexibility index (Phi) is 5.63. The summed E-state index contributed by atoms with van der Waals surface area (Å²) in [5.41, 5.74) is 5.79. The summed E-state index contributed by atoms with van der Waals surface area (Å²) in [5, 5.41) is 0. The molecule has 2 aromatic rings. The van der Waals surface area contributed by atoms with Crippen LogP contribution < -0.4 is 0 Å². The molecule has 0 saturated heterocycles. The maximum atomic E-state index is 3.46. The van der Waals surface area contributed by atoms with Crippen molar-refractivity contribution in [1.29, 1.82) is 0 Å². The van der Waals surface area contributed by atoms with Gasteiger partial charge in [-0.05, 0) is 93.0 Å². The smallest absolute Gasteiger partial charge is 0.0251 e. The fourth-order valence-corrected chi connectivity index (χ4v) is 3.19. The van der Waals surface area contributed by atoms with E-state index in [0.29, 0.717) is 5.92 Å². The fraction of sp³-hybridized carbons (Fsp3) is 0.360. The van der Waals surface area contributed by atoms with Crippen LogP contribution in [0.3, 0.4) is 0 Å². The molecule has 3 rings (SSSR count). The van der Waals surface area contributed by atoms with E-state index in [1.807, 2.05) is 0 Å². The topological polar surface area (TPSA) is 0 Å². The first kappa shape index (κ1) is 17.4. The molecule has 1 fully saturated rings. The largest absolute Gasteiger partial charge is 0.0945 e. The lowest BCUT2D eigenvalue weighted by atomic mass is 9.83. The second-order valence-corrected chi connectivity index (χ2v) is 7.35. The minimum absolute atomic E-state index is 0.584. The van der Waals surface area contributed by atoms with Gasteiger partial charge in [0.15, 0.2) is 0 Å². The van der Waals surface area contributed by atoms with Crippen LogP contribution in [-0.4, -0.2) is 0 Å². The third-order valence-electron chi connectivity index (χ3n) is 5.18. The van der Waals surface area contributed by atoms with Crippen molar-refractivity contribution >= 4 is 0 Å². The third-order valence-corrected chi connectivity index (χ3v) is 5.18. The molecule has 1 aliphatic rings. The normalized spacial score (nSPS) is 19.3. The molecule has 25 heavy (non-hydrogen) atoms. The lowest BCUT2D eigenvalue weighted by molar-refractivity contribution is 0.337. The van der Waals surface area contributed by atoms with Crippen molar-refractivity contribution in [3.63, 3.8) is 0 Å². The molecule has 0 bridgehead atoms. The van der Waals surface area contributed by atoms with Gasteiger partial charge in [0.25, 0.3) is 0 Å². The molecular weight excluding hydrogens is 300 g/mol. The van der Waals surface area contributed by atoms with Crippen molar-refractivity contribution in [2.45, 2.75) is 46.5 Å². The van der Waals surface area contributed by atoms with Crippen molar-refractivity contribution in [3.8, 4) is 23.7 Å². The van der Waals surface area contributed by atoms with E-state index in [2.05, 4.69) is 86.9 Å². The average molecular weight is 326 g/mol. The third kappa shape index (κ3) is 5.01. The quantitative estimate of drug-likeness (QED) is 0.530. The summed E-state index contributed by atoms with van der Waals surface area (Å²) in [6.07, 6.45) is 5.17. The molecule has 0 aromatic heterocycles. The molecule has 1 aliphatic carbocycles. The number of benzene rings is 2. The minimum atomic E-state index is 0.584. The van der Waals surface area contributed by atoms with Crippen molar-refractivity contribution in [3.05, 3.63) is 70.3 Å². The predicted molar refractivity (Wildman–Crippen MR) is 106 cm³/mol. The average Bonchev–Trinajstić information content (AvgIpc) is 2.63. The molecule has 0 amide bonds. The summed E-state index contributed by atoms with van der Waals surface area (Å²) >= 11 is 0. The van der Waals surface area contributed by atoms with Crippen molar-refractivity contribution in [2.24, 2.45) is 11.8 Å². The minimum Gasteiger partial charge on any atom is -0.0945 e. The van der Waals surface area contributed by atoms with E-state index in [9.17, 15) is 0 Å². The van der Waals surface area contributed by atoms with Gasteiger partial charge in [-0.3, -0.25) is 0 Å². The van der Waals surface area contributed by atoms with Gasteiger partial charge in [0.1, 0.15) is 0 Å². The van der Waals surface area contributed by atoms with E-state index in [1.165, 1.54) is 36.8 Å². The molecule has 1 saturated carbocycles. The Hall–Kier alpha value is -2.44. The fourth-order valence-electron chi connectivity index (χ4n) is 3.19. The van der Waals surface area contributed by atoms with Crippen LogP contribution in [0.4, 0.5) is 0 Å². The van der Waals surface area contributed by atoms with E-state index < -0.39 is 0 Å². The SMILES string of the molecule is Cc1ccc(C#Cc2ccc(C#CC3CCC(C)CC3)cc2)cc1C. The molecule has 2 aromatic carbocycles. The molecule has 0 atom stereocenters. The summed E-state index contributed by atoms with van der Waals surface area (Å²) in [7, 11) is 0. The summed E-state index contributed by atoms with van der Waals surface area (Å²) in [6, 6.07) is 14.7. The molecular formula is C25H26. The summed E-state index contributed by atoms with van der Waals surface area (Å²) < 4.78 is 0. The first-order valence-corrected chi connectivity index (χ1v) is 9.31. The Morgan fingerprint density at radius 2 is 1.24 bits per heavy atom. The molecule has 0 unspecified atom stereocenters. The first-order chi connectivity index (χ1) is 12.1. The van der Waals surface area contributed by atoms with Crippen molar-refractivity contribution in [2.75, 3.05) is 0 Å². The van der Waals surface area contributed by atoms with Gasteiger partial charge >= 0.3 is 0 Å². The highest BCUT2D eigenvalue weighted by Gasteiger charge is 2.15. The lowest BCUT2D eigenvalue weighted by Crippen LogP contribution is -2.10. The van der Waals surface area contributed by atoms with Crippen molar-refractivity contribution < 1.29 is 0 Å². The zero-order valence-corrected chi connectivity index (χ0v) is 15.5. The molecule has 0 spiro atoms. The number of hydrogen-bond donors (Lipinski definition) is 0. The van der Waals surface area contributed by atoms with Gasteiger partial charge in [-0.2, -0.15) is 0 Å². The first-order valence-electron chi connectivity index (χ1n) is 9.31. The van der Waals surface area contributed by atoms with Gasteiger partial charge < -0.3 is 0 Å². The Morgan fingerprint density at radius 3 is 1.88 bits per heavy atom. The van der Waals surface area contributed by atoms with Gasteiger partial charge in [0.05, 0.1) is 0 Å². The molecule has 0 radical (unpaired) electrons. The monoisotopic (exact) mass is 326 g/mol. The Balaban J connectivity index is 1.65. The molecule has 0 heterocycles. The highest BCUT2D eigenvalue weighted by Crippen LogP contribution is 2.27. The zero-order valence-electron chi connectivity index (χ0n) is 15.5. The maximum absolute atomic E-state index is 3.46. The summed E-state index contributed by atoms with van der Waals surface area (Å²) in [5.74, 6) is 14.8. The zero-order chi connectivity index (χ0) is 17.6. The van der Waals surface area contributed by atoms with Crippen LogP contribution in [0.5, 0.6) is 0 Å². The van der Waals surface area contributed by atoms with Gasteiger partial charge in [-0.1, -0.05) is 36.7 Å². The summed E-state index contributed by atoms with van der Waals surface area (Å²) in [6.45, 7) is 6.60. The second-order valence-electron chi connectivity index (χ2n) is 7.35. The van der Waals surface area contributed by atoms with Gasteiger partial charge in [-0.15, -0.1) is 0 Å². The van der Waals surface area contributed by atoms with E-state index in [-0.39, 0.29) is 0 Å². The van der Waals surface area contributed by atoms with Gasteiger partial charge in [-0.25, -0.2) is 0 Å². The van der Waals surface area contributed by atoms with Crippen LogP contribution in [0.15, 0.2) is 42.5 Å². The van der Waals surface area contributed by atoms with Crippen LogP contribution in [0.25, 0.3) is 0 Å². The van der Waals surface area contributed by atoms with Crippen LogP contribution >= 0.6 is 0 Å². The predicted octanol–water partition coefficient (Wildman–Crippen LogP) is 5.88. The Bertz CT molecular complexity index is 839. The van der Waals surface area contributed by atoms with E-state index in [1.54, 1.807) is 0 Å². The Morgan fingerprint density at radius 1 is 0.680 bits per heavy atom. The molecule has 0 N–H and O–H groups in total. The lowest BCUT2D eigenvalue weighted by Gasteiger charge is -2.21. The molecule has 0 nitrogen and oxygen atoms in total. The Labute approximate surface area is 152 Å². The number of rotatable bonds is 0.